The van der Waals surface area contributed by atoms with E-state index in [1.165, 1.54) is 289 Å². The predicted octanol–water partition coefficient (Wildman–Crippen LogP) is 30.2. The summed E-state index contributed by atoms with van der Waals surface area (Å²) in [5.74, 6) is 4.98. The summed E-state index contributed by atoms with van der Waals surface area (Å²) in [5.41, 5.74) is 5.83. The number of ether oxygens (including phenoxy) is 5. The highest BCUT2D eigenvalue weighted by Crippen LogP contribution is 2.64. The third-order valence-electron chi connectivity index (χ3n) is 30.0. The number of hydrogen-bond acceptors (Lipinski definition) is 10. The van der Waals surface area contributed by atoms with Crippen molar-refractivity contribution >= 4 is 63.1 Å². The molecule has 5 aromatic rings. The molecule has 5 aromatic carbocycles. The lowest BCUT2D eigenvalue weighted by molar-refractivity contribution is -0.0408. The molecule has 15 aliphatic rings. The molecule has 5 nitrogen and oxygen atoms in total. The van der Waals surface area contributed by atoms with E-state index < -0.39 is 0 Å². The maximum Gasteiger partial charge on any atom is 0.119 e. The molecule has 0 amide bonds. The van der Waals surface area contributed by atoms with Crippen molar-refractivity contribution in [3.05, 3.63) is 121 Å². The third kappa shape index (κ3) is 26.3. The molecule has 15 aliphatic carbocycles. The van der Waals surface area contributed by atoms with Crippen LogP contribution in [0.5, 0.6) is 28.7 Å². The van der Waals surface area contributed by atoms with Crippen LogP contribution in [0.15, 0.2) is 146 Å². The average molecular weight is 1620 g/mol. The van der Waals surface area contributed by atoms with E-state index >= 15 is 0 Å². The second-order valence-electron chi connectivity index (χ2n) is 36.9. The maximum atomic E-state index is 6.10. The Morgan fingerprint density at radius 1 is 0.191 bits per heavy atom. The number of unbranched alkanes of at least 4 members (excludes halogenated alkanes) is 5. The molecule has 15 heteroatoms. The Bertz CT molecular complexity index is 2750. The summed E-state index contributed by atoms with van der Waals surface area (Å²) in [6.07, 6.45) is 63.3. The number of hydrogen-bond donors (Lipinski definition) is 5. The fourth-order valence-electron chi connectivity index (χ4n) is 21.3. The van der Waals surface area contributed by atoms with E-state index in [1.807, 2.05) is 121 Å². The maximum absolute atomic E-state index is 6.10. The first kappa shape index (κ1) is 95.3. The molecule has 0 spiro atoms. The van der Waals surface area contributed by atoms with Gasteiger partial charge in [-0.25, -0.2) is 0 Å². The van der Waals surface area contributed by atoms with E-state index in [-0.39, 0.29) is 23.5 Å². The largest absolute Gasteiger partial charge is 0.493 e. The van der Waals surface area contributed by atoms with Crippen LogP contribution in [0.25, 0.3) is 0 Å². The Labute approximate surface area is 690 Å². The molecule has 0 aromatic heterocycles. The Hall–Kier alpha value is -3.50. The Balaban J connectivity index is 0.000000212. The molecule has 0 N–H and O–H groups in total. The molecular formula is C95H145F5O5S5. The van der Waals surface area contributed by atoms with Gasteiger partial charge in [0.15, 0.2) is 0 Å². The van der Waals surface area contributed by atoms with Gasteiger partial charge >= 0.3 is 0 Å². The zero-order chi connectivity index (χ0) is 73.8. The average Bonchev–Trinajstić information content (AvgIpc) is 0.793. The molecule has 620 valence electrons. The lowest BCUT2D eigenvalue weighted by Crippen LogP contribution is -2.44. The SMILES string of the molecule is CCCCC12CCC(COc3ccc(S)cc3)(CC1)CC2.CCCCC12CCC(COc3ccc(S)cc3)(CC1)CC2.CCCCC12CCC(COc3ccc(S)cc3)(CC1)CC2.CCCCC12CCC(COc3ccc(S)cc3)(CC1)CC2.CCCCC12CCC(COc3ccc(S)cc3)(CC1)CC2.F.F.F.F.F. The number of fused-ring (bicyclic) bond motifs is 15. The van der Waals surface area contributed by atoms with Crippen LogP contribution in [0.3, 0.4) is 0 Å². The first-order valence-corrected chi connectivity index (χ1v) is 45.1. The lowest BCUT2D eigenvalue weighted by Gasteiger charge is -2.53. The number of benzene rings is 5. The van der Waals surface area contributed by atoms with Gasteiger partial charge in [0.1, 0.15) is 28.7 Å². The van der Waals surface area contributed by atoms with Crippen molar-refractivity contribution in [1.82, 2.24) is 0 Å². The van der Waals surface area contributed by atoms with Crippen molar-refractivity contribution in [1.29, 1.82) is 0 Å². The minimum absolute atomic E-state index is 0. The van der Waals surface area contributed by atoms with E-state index in [0.717, 1.165) is 86.3 Å². The van der Waals surface area contributed by atoms with Gasteiger partial charge in [-0.1, -0.05) is 98.8 Å². The lowest BCUT2D eigenvalue weighted by atomic mass is 9.53. The van der Waals surface area contributed by atoms with E-state index in [4.69, 9.17) is 23.7 Å². The Morgan fingerprint density at radius 2 is 0.300 bits per heavy atom. The summed E-state index contributed by atoms with van der Waals surface area (Å²) in [6, 6.07) is 40.5. The summed E-state index contributed by atoms with van der Waals surface area (Å²) in [7, 11) is 0. The first-order valence-electron chi connectivity index (χ1n) is 42.9. The van der Waals surface area contributed by atoms with E-state index in [1.54, 1.807) is 0 Å². The highest BCUT2D eigenvalue weighted by atomic mass is 32.1. The minimum atomic E-state index is 0. The fraction of sp³-hybridized carbons (Fsp3) is 0.684. The zero-order valence-corrected chi connectivity index (χ0v) is 72.7. The minimum Gasteiger partial charge on any atom is -0.493 e. The topological polar surface area (TPSA) is 46.2 Å². The monoisotopic (exact) mass is 1620 g/mol. The van der Waals surface area contributed by atoms with Crippen molar-refractivity contribution in [3.8, 4) is 28.7 Å². The van der Waals surface area contributed by atoms with Gasteiger partial charge in [-0.2, -0.15) is 0 Å². The van der Waals surface area contributed by atoms with Crippen molar-refractivity contribution in [2.75, 3.05) is 33.0 Å². The molecule has 0 radical (unpaired) electrons. The highest BCUT2D eigenvalue weighted by Gasteiger charge is 2.53. The number of rotatable bonds is 30. The van der Waals surface area contributed by atoms with Crippen molar-refractivity contribution < 1.29 is 47.2 Å². The zero-order valence-electron chi connectivity index (χ0n) is 68.2. The van der Waals surface area contributed by atoms with Crippen molar-refractivity contribution in [3.63, 3.8) is 0 Å². The normalized spacial score (nSPS) is 29.9. The molecule has 110 heavy (non-hydrogen) atoms. The van der Waals surface area contributed by atoms with Gasteiger partial charge in [0.2, 0.25) is 0 Å². The molecule has 0 saturated heterocycles. The van der Waals surface area contributed by atoms with Crippen LogP contribution in [-0.4, -0.2) is 33.0 Å². The van der Waals surface area contributed by atoms with Crippen LogP contribution in [0, 0.1) is 54.1 Å². The van der Waals surface area contributed by atoms with Gasteiger partial charge < -0.3 is 23.7 Å². The van der Waals surface area contributed by atoms with Crippen LogP contribution in [0.2, 0.25) is 0 Å². The van der Waals surface area contributed by atoms with Gasteiger partial charge in [0.05, 0.1) is 33.0 Å². The third-order valence-corrected chi connectivity index (χ3v) is 31.5. The Kier molecular flexibility index (Phi) is 38.3. The second kappa shape index (κ2) is 44.2. The fourth-order valence-corrected chi connectivity index (χ4v) is 22.1. The summed E-state index contributed by atoms with van der Waals surface area (Å²) < 4.78 is 30.5. The van der Waals surface area contributed by atoms with Crippen LogP contribution < -0.4 is 23.7 Å². The molecule has 15 saturated carbocycles. The number of halogens is 5. The summed E-state index contributed by atoms with van der Waals surface area (Å²) in [4.78, 5) is 4.98. The molecule has 10 bridgehead atoms. The molecule has 0 unspecified atom stereocenters. The number of thiol groups is 5. The van der Waals surface area contributed by atoms with Gasteiger partial charge in [-0.15, -0.1) is 63.1 Å². The molecule has 0 heterocycles. The highest BCUT2D eigenvalue weighted by molar-refractivity contribution is 7.81. The van der Waals surface area contributed by atoms with Gasteiger partial charge in [0.25, 0.3) is 0 Å². The van der Waals surface area contributed by atoms with Gasteiger partial charge in [-0.05, 0) is 373 Å². The molecule has 0 aliphatic heterocycles. The standard InChI is InChI=1S/5C19H28OS.5FH/c5*1-2-3-8-18-9-12-19(13-10-18,14-11-18)15-20-16-4-6-17(21)7-5-16;;;;;/h5*4-7,21H,2-3,8-15H2,1H3;5*1H. The smallest absolute Gasteiger partial charge is 0.119 e. The van der Waals surface area contributed by atoms with Crippen LogP contribution in [0.1, 0.15) is 324 Å². The van der Waals surface area contributed by atoms with Gasteiger partial charge in [-0.3, -0.25) is 23.5 Å². The summed E-state index contributed by atoms with van der Waals surface area (Å²) in [6.45, 7) is 16.1. The quantitative estimate of drug-likeness (QED) is 0.0234. The van der Waals surface area contributed by atoms with E-state index in [9.17, 15) is 0 Å². The van der Waals surface area contributed by atoms with Crippen molar-refractivity contribution in [2.24, 2.45) is 54.1 Å². The summed E-state index contributed by atoms with van der Waals surface area (Å²) >= 11 is 21.6. The Morgan fingerprint density at radius 3 is 0.409 bits per heavy atom. The van der Waals surface area contributed by atoms with Crippen LogP contribution in [-0.2, 0) is 0 Å². The second-order valence-corrected chi connectivity index (χ2v) is 39.5. The van der Waals surface area contributed by atoms with Crippen molar-refractivity contribution in [2.45, 2.75) is 348 Å². The van der Waals surface area contributed by atoms with Crippen LogP contribution >= 0.6 is 63.1 Å². The predicted molar refractivity (Wildman–Crippen MR) is 469 cm³/mol. The molecular weight excluding hydrogens is 1480 g/mol. The van der Waals surface area contributed by atoms with E-state index in [0.29, 0.717) is 54.1 Å². The summed E-state index contributed by atoms with van der Waals surface area (Å²) in [5, 5.41) is 0. The van der Waals surface area contributed by atoms with E-state index in [2.05, 4.69) is 97.8 Å². The molecule has 15 fully saturated rings. The van der Waals surface area contributed by atoms with Crippen LogP contribution in [0.4, 0.5) is 23.5 Å². The molecule has 20 rings (SSSR count). The molecule has 0 atom stereocenters. The first-order chi connectivity index (χ1) is 50.8. The van der Waals surface area contributed by atoms with Gasteiger partial charge in [0, 0.05) is 51.6 Å².